The summed E-state index contributed by atoms with van der Waals surface area (Å²) in [6, 6.07) is 13.8. The molecule has 0 bridgehead atoms. The van der Waals surface area contributed by atoms with Crippen LogP contribution in [0.4, 0.5) is 11.4 Å². The maximum absolute atomic E-state index is 13.6. The number of carbonyl (C=O) groups excluding carboxylic acids is 1. The van der Waals surface area contributed by atoms with Crippen molar-refractivity contribution in [2.24, 2.45) is 16.8 Å². The predicted molar refractivity (Wildman–Crippen MR) is 172 cm³/mol. The molecule has 0 spiro atoms. The highest BCUT2D eigenvalue weighted by Gasteiger charge is 2.41. The number of ketones is 1. The Labute approximate surface area is 258 Å². The Kier molecular flexibility index (Phi) is 10.2. The Bertz CT molecular complexity index is 1560. The minimum Gasteiger partial charge on any atom is -0.497 e. The summed E-state index contributed by atoms with van der Waals surface area (Å²) < 4.78 is 33.9. The molecule has 4 rings (SSSR count). The molecule has 42 heavy (non-hydrogen) atoms. The number of benzene rings is 2. The third-order valence-electron chi connectivity index (χ3n) is 8.08. The van der Waals surface area contributed by atoms with Crippen molar-refractivity contribution < 1.29 is 17.9 Å². The number of ether oxygens (including phenoxy) is 1. The summed E-state index contributed by atoms with van der Waals surface area (Å²) >= 11 is 3.71. The second-order valence-corrected chi connectivity index (χ2v) is 14.0. The summed E-state index contributed by atoms with van der Waals surface area (Å²) in [5, 5.41) is 13.7. The van der Waals surface area contributed by atoms with Gasteiger partial charge in [-0.25, -0.2) is 8.42 Å². The molecular formula is C32H39BrN4O4S. The number of methoxy groups -OCH3 is 1. The quantitative estimate of drug-likeness (QED) is 0.280. The third-order valence-corrected chi connectivity index (χ3v) is 10.7. The van der Waals surface area contributed by atoms with Crippen molar-refractivity contribution >= 4 is 48.8 Å². The molecule has 3 atom stereocenters. The standard InChI is InChI=1S/C32H39BrN4O4S/c1-6-9-21-14-27-31(29(38)15-21)30(25(18-34)20(3)36-27)23-16-26(33)32(28(17-23)37(4)42(39,40)12-7-2)35-19-22-10-8-11-24(13-22)41-5/h8,10-11,13,16-17,21,25,30,35H,6-7,9,12,14-15,19H2,1-5H3. The second kappa shape index (κ2) is 13.4. The summed E-state index contributed by atoms with van der Waals surface area (Å²) in [7, 11) is -0.474. The minimum absolute atomic E-state index is 0.0106. The van der Waals surface area contributed by atoms with Gasteiger partial charge in [0, 0.05) is 47.4 Å². The van der Waals surface area contributed by atoms with Gasteiger partial charge in [-0.1, -0.05) is 32.4 Å². The number of rotatable bonds is 11. The summed E-state index contributed by atoms with van der Waals surface area (Å²) in [5.74, 6) is -0.186. The fourth-order valence-electron chi connectivity index (χ4n) is 6.01. The summed E-state index contributed by atoms with van der Waals surface area (Å²) in [6.07, 6.45) is 3.56. The van der Waals surface area contributed by atoms with Crippen LogP contribution in [0.1, 0.15) is 69.9 Å². The lowest BCUT2D eigenvalue weighted by molar-refractivity contribution is -0.117. The lowest BCUT2D eigenvalue weighted by Crippen LogP contribution is -2.33. The highest BCUT2D eigenvalue weighted by molar-refractivity contribution is 9.10. The number of Topliss-reactive ketones (excluding diaryl/α,β-unsaturated/α-hetero) is 1. The maximum Gasteiger partial charge on any atom is 0.234 e. The van der Waals surface area contributed by atoms with Gasteiger partial charge in [-0.2, -0.15) is 5.26 Å². The van der Waals surface area contributed by atoms with E-state index in [0.29, 0.717) is 58.5 Å². The van der Waals surface area contributed by atoms with E-state index in [-0.39, 0.29) is 17.5 Å². The second-order valence-electron chi connectivity index (χ2n) is 11.1. The van der Waals surface area contributed by atoms with Crippen molar-refractivity contribution in [1.29, 1.82) is 5.26 Å². The van der Waals surface area contributed by atoms with E-state index >= 15 is 0 Å². The first-order chi connectivity index (χ1) is 20.0. The number of hydrogen-bond donors (Lipinski definition) is 1. The number of hydrogen-bond acceptors (Lipinski definition) is 7. The topological polar surface area (TPSA) is 112 Å². The molecule has 2 aromatic carbocycles. The number of halogens is 1. The van der Waals surface area contributed by atoms with Crippen LogP contribution in [0, 0.1) is 23.2 Å². The normalized spacial score (nSPS) is 20.5. The molecule has 8 nitrogen and oxygen atoms in total. The van der Waals surface area contributed by atoms with Crippen molar-refractivity contribution in [2.75, 3.05) is 29.5 Å². The molecule has 0 radical (unpaired) electrons. The monoisotopic (exact) mass is 654 g/mol. The minimum atomic E-state index is -3.64. The molecule has 10 heteroatoms. The Morgan fingerprint density at radius 2 is 1.95 bits per heavy atom. The maximum atomic E-state index is 13.6. The van der Waals surface area contributed by atoms with Crippen molar-refractivity contribution in [3.8, 4) is 11.8 Å². The highest BCUT2D eigenvalue weighted by Crippen LogP contribution is 2.48. The van der Waals surface area contributed by atoms with E-state index in [4.69, 9.17) is 9.73 Å². The van der Waals surface area contributed by atoms with Crippen LogP contribution in [0.5, 0.6) is 5.75 Å². The highest BCUT2D eigenvalue weighted by atomic mass is 79.9. The third kappa shape index (κ3) is 6.57. The van der Waals surface area contributed by atoms with Crippen LogP contribution in [0.2, 0.25) is 0 Å². The van der Waals surface area contributed by atoms with Crippen molar-refractivity contribution in [1.82, 2.24) is 0 Å². The number of nitrogens with zero attached hydrogens (tertiary/aromatic N) is 3. The van der Waals surface area contributed by atoms with E-state index in [1.807, 2.05) is 50.2 Å². The Morgan fingerprint density at radius 1 is 1.19 bits per heavy atom. The number of carbonyl (C=O) groups is 1. The van der Waals surface area contributed by atoms with E-state index < -0.39 is 21.9 Å². The van der Waals surface area contributed by atoms with Crippen molar-refractivity contribution in [2.45, 2.75) is 65.3 Å². The largest absolute Gasteiger partial charge is 0.497 e. The lowest BCUT2D eigenvalue weighted by atomic mass is 9.70. The number of nitriles is 1. The van der Waals surface area contributed by atoms with Crippen LogP contribution in [-0.2, 0) is 21.4 Å². The van der Waals surface area contributed by atoms with Gasteiger partial charge < -0.3 is 10.1 Å². The molecule has 2 aliphatic rings. The van der Waals surface area contributed by atoms with Crippen LogP contribution in [0.25, 0.3) is 0 Å². The number of aliphatic imine (C=N–C) groups is 1. The Balaban J connectivity index is 1.84. The zero-order valence-electron chi connectivity index (χ0n) is 24.9. The van der Waals surface area contributed by atoms with E-state index in [1.165, 1.54) is 4.31 Å². The number of anilines is 2. The van der Waals surface area contributed by atoms with Crippen LogP contribution in [-0.4, -0.2) is 39.8 Å². The molecule has 0 amide bonds. The zero-order chi connectivity index (χ0) is 30.6. The zero-order valence-corrected chi connectivity index (χ0v) is 27.3. The van der Waals surface area contributed by atoms with Gasteiger partial charge in [0.25, 0.3) is 0 Å². The van der Waals surface area contributed by atoms with E-state index in [9.17, 15) is 18.5 Å². The number of sulfonamides is 1. The predicted octanol–water partition coefficient (Wildman–Crippen LogP) is 6.98. The smallest absolute Gasteiger partial charge is 0.234 e. The molecular weight excluding hydrogens is 616 g/mol. The SMILES string of the molecule is CCCC1CC(=O)C2=C(C1)N=C(C)C(C#N)C2c1cc(Br)c(NCc2cccc(OC)c2)c(N(C)S(=O)(=O)CCC)c1. The van der Waals surface area contributed by atoms with Gasteiger partial charge in [0.2, 0.25) is 10.0 Å². The van der Waals surface area contributed by atoms with E-state index in [1.54, 1.807) is 14.2 Å². The summed E-state index contributed by atoms with van der Waals surface area (Å²) in [5.41, 5.74) is 4.75. The molecule has 1 N–H and O–H groups in total. The van der Waals surface area contributed by atoms with Crippen molar-refractivity contribution in [3.05, 3.63) is 63.3 Å². The first-order valence-corrected chi connectivity index (χ1v) is 16.8. The van der Waals surface area contributed by atoms with Crippen LogP contribution >= 0.6 is 15.9 Å². The Hall–Kier alpha value is -3.16. The molecule has 2 aromatic rings. The Morgan fingerprint density at radius 3 is 2.62 bits per heavy atom. The van der Waals surface area contributed by atoms with Gasteiger partial charge >= 0.3 is 0 Å². The number of allylic oxidation sites excluding steroid dienone is 2. The van der Waals surface area contributed by atoms with Gasteiger partial charge in [0.05, 0.1) is 36.2 Å². The fourth-order valence-corrected chi connectivity index (χ4v) is 7.85. The molecule has 1 aliphatic carbocycles. The lowest BCUT2D eigenvalue weighted by Gasteiger charge is -2.35. The van der Waals surface area contributed by atoms with Gasteiger partial charge in [-0.15, -0.1) is 0 Å². The molecule has 3 unspecified atom stereocenters. The summed E-state index contributed by atoms with van der Waals surface area (Å²) in [4.78, 5) is 18.4. The first-order valence-electron chi connectivity index (χ1n) is 14.4. The molecule has 0 saturated carbocycles. The molecule has 1 heterocycles. The van der Waals surface area contributed by atoms with E-state index in [2.05, 4.69) is 34.2 Å². The first kappa shape index (κ1) is 31.8. The van der Waals surface area contributed by atoms with E-state index in [0.717, 1.165) is 29.9 Å². The molecule has 0 saturated heterocycles. The average molecular weight is 656 g/mol. The molecule has 1 aliphatic heterocycles. The molecule has 0 aromatic heterocycles. The van der Waals surface area contributed by atoms with Crippen LogP contribution in [0.15, 0.2) is 57.1 Å². The fraction of sp³-hybridized carbons (Fsp3) is 0.469. The molecule has 224 valence electrons. The van der Waals surface area contributed by atoms with Gasteiger partial charge in [0.1, 0.15) is 5.75 Å². The van der Waals surface area contributed by atoms with Crippen LogP contribution in [0.3, 0.4) is 0 Å². The van der Waals surface area contributed by atoms with Gasteiger partial charge in [-0.3, -0.25) is 14.1 Å². The number of nitrogens with one attached hydrogen (secondary N) is 1. The average Bonchev–Trinajstić information content (AvgIpc) is 2.95. The van der Waals surface area contributed by atoms with Crippen molar-refractivity contribution in [3.63, 3.8) is 0 Å². The van der Waals surface area contributed by atoms with Gasteiger partial charge in [-0.05, 0) is 83.4 Å². The van der Waals surface area contributed by atoms with Gasteiger partial charge in [0.15, 0.2) is 5.78 Å². The van der Waals surface area contributed by atoms with Crippen LogP contribution < -0.4 is 14.4 Å². The summed E-state index contributed by atoms with van der Waals surface area (Å²) in [6.45, 7) is 6.21. The molecule has 0 fully saturated rings.